The quantitative estimate of drug-likeness (QED) is 0.162. The smallest absolute Gasteiger partial charge is 0.337 e. The lowest BCUT2D eigenvalue weighted by molar-refractivity contribution is 0.590. The van der Waals surface area contributed by atoms with Gasteiger partial charge in [0.1, 0.15) is 16.7 Å². The van der Waals surface area contributed by atoms with E-state index in [1.807, 2.05) is 0 Å². The zero-order valence-electron chi connectivity index (χ0n) is 36.8. The fourth-order valence-corrected chi connectivity index (χ4v) is 18.1. The molecular formula is C60H41BN2O2Si. The Bertz CT molecular complexity index is 3870. The number of benzene rings is 9. The lowest BCUT2D eigenvalue weighted by Crippen LogP contribution is -2.78. The van der Waals surface area contributed by atoms with E-state index in [0.29, 0.717) is 0 Å². The van der Waals surface area contributed by atoms with Crippen molar-refractivity contribution in [1.82, 2.24) is 0 Å². The van der Waals surface area contributed by atoms with Crippen LogP contribution in [0.4, 0.5) is 28.6 Å². The molecule has 9 aromatic carbocycles. The summed E-state index contributed by atoms with van der Waals surface area (Å²) in [4.78, 5) is 5.15. The number of furan rings is 2. The van der Waals surface area contributed by atoms with E-state index in [2.05, 4.69) is 225 Å². The minimum Gasteiger partial charge on any atom is -0.456 e. The second kappa shape index (κ2) is 12.7. The van der Waals surface area contributed by atoms with Crippen LogP contribution in [0.5, 0.6) is 0 Å². The lowest BCUT2D eigenvalue weighted by Gasteiger charge is -2.51. The average Bonchev–Trinajstić information content (AvgIpc) is 4.02. The molecule has 0 bridgehead atoms. The van der Waals surface area contributed by atoms with Crippen LogP contribution in [-0.2, 0) is 5.41 Å². The van der Waals surface area contributed by atoms with Crippen LogP contribution in [0.15, 0.2) is 203 Å². The summed E-state index contributed by atoms with van der Waals surface area (Å²) in [5, 5.41) is 9.18. The van der Waals surface area contributed by atoms with Gasteiger partial charge >= 0.3 is 6.85 Å². The second-order valence-corrected chi connectivity index (χ2v) is 23.1. The Morgan fingerprint density at radius 1 is 0.455 bits per heavy atom. The molecular weight excluding hydrogens is 820 g/mol. The molecule has 1 spiro atoms. The van der Waals surface area contributed by atoms with Gasteiger partial charge in [0.15, 0.2) is 8.07 Å². The van der Waals surface area contributed by atoms with Crippen molar-refractivity contribution < 1.29 is 8.83 Å². The van der Waals surface area contributed by atoms with Gasteiger partial charge in [-0.05, 0) is 89.8 Å². The van der Waals surface area contributed by atoms with Gasteiger partial charge in [-0.2, -0.15) is 0 Å². The molecule has 4 aliphatic heterocycles. The molecule has 0 unspecified atom stereocenters. The van der Waals surface area contributed by atoms with E-state index in [0.717, 1.165) is 61.3 Å². The summed E-state index contributed by atoms with van der Waals surface area (Å²) in [7, 11) is -2.88. The molecule has 0 amide bonds. The monoisotopic (exact) mass is 860 g/mol. The molecule has 6 heteroatoms. The highest BCUT2D eigenvalue weighted by Crippen LogP contribution is 2.54. The Balaban J connectivity index is 1.14. The lowest BCUT2D eigenvalue weighted by atomic mass is 9.43. The molecule has 0 saturated heterocycles. The van der Waals surface area contributed by atoms with E-state index in [-0.39, 0.29) is 12.3 Å². The topological polar surface area (TPSA) is 32.8 Å². The van der Waals surface area contributed by atoms with Crippen molar-refractivity contribution >= 4 is 108 Å². The van der Waals surface area contributed by atoms with Crippen LogP contribution >= 0.6 is 0 Å². The van der Waals surface area contributed by atoms with Crippen LogP contribution in [-0.4, -0.2) is 14.9 Å². The average molecular weight is 861 g/mol. The highest BCUT2D eigenvalue weighted by Gasteiger charge is 2.58. The van der Waals surface area contributed by atoms with Gasteiger partial charge in [-0.25, -0.2) is 0 Å². The van der Waals surface area contributed by atoms with Crippen LogP contribution in [0.3, 0.4) is 0 Å². The molecule has 2 aromatic heterocycles. The largest absolute Gasteiger partial charge is 0.456 e. The number of rotatable bonds is 2. The Morgan fingerprint density at radius 3 is 1.83 bits per heavy atom. The molecule has 0 N–H and O–H groups in total. The number of hydrogen-bond acceptors (Lipinski definition) is 4. The Hall–Kier alpha value is -7.80. The van der Waals surface area contributed by atoms with Crippen molar-refractivity contribution in [2.24, 2.45) is 0 Å². The molecule has 4 nitrogen and oxygen atoms in total. The van der Waals surface area contributed by atoms with Crippen molar-refractivity contribution in [1.29, 1.82) is 0 Å². The molecule has 310 valence electrons. The predicted molar refractivity (Wildman–Crippen MR) is 278 cm³/mol. The minimum atomic E-state index is -2.88. The summed E-state index contributed by atoms with van der Waals surface area (Å²) < 4.78 is 14.4. The number of anilines is 5. The Kier molecular flexibility index (Phi) is 7.04. The summed E-state index contributed by atoms with van der Waals surface area (Å²) >= 11 is 0. The fraction of sp³-hybridized carbons (Fsp3) is 0.0667. The van der Waals surface area contributed by atoms with Gasteiger partial charge in [0.05, 0.1) is 11.4 Å². The molecule has 0 aliphatic carbocycles. The van der Waals surface area contributed by atoms with Crippen LogP contribution < -0.4 is 41.4 Å². The summed E-state index contributed by atoms with van der Waals surface area (Å²) in [6.45, 7) is 6.65. The van der Waals surface area contributed by atoms with Gasteiger partial charge in [0.2, 0.25) is 5.88 Å². The third kappa shape index (κ3) is 4.45. The highest BCUT2D eigenvalue weighted by molar-refractivity contribution is 7.24. The molecule has 66 heavy (non-hydrogen) atoms. The first-order chi connectivity index (χ1) is 32.4. The van der Waals surface area contributed by atoms with Gasteiger partial charge in [0.25, 0.3) is 0 Å². The van der Waals surface area contributed by atoms with Gasteiger partial charge in [-0.15, -0.1) is 0 Å². The molecule has 4 aliphatic rings. The summed E-state index contributed by atoms with van der Waals surface area (Å²) in [5.74, 6) is 0.836. The maximum atomic E-state index is 7.35. The van der Waals surface area contributed by atoms with Crippen molar-refractivity contribution in [3.63, 3.8) is 0 Å². The molecule has 0 atom stereocenters. The maximum Gasteiger partial charge on any atom is 0.337 e. The molecule has 0 saturated carbocycles. The third-order valence-electron chi connectivity index (χ3n) is 15.2. The summed E-state index contributed by atoms with van der Waals surface area (Å²) in [5.41, 5.74) is 18.5. The minimum absolute atomic E-state index is 0.0595. The first kappa shape index (κ1) is 36.5. The maximum absolute atomic E-state index is 7.35. The first-order valence-corrected chi connectivity index (χ1v) is 25.1. The predicted octanol–water partition coefficient (Wildman–Crippen LogP) is 11.7. The second-order valence-electron chi connectivity index (χ2n) is 19.5. The highest BCUT2D eigenvalue weighted by atomic mass is 28.3. The number of nitrogens with zero attached hydrogens (tertiary/aromatic N) is 2. The van der Waals surface area contributed by atoms with Crippen LogP contribution in [0.25, 0.3) is 66.3 Å². The molecule has 15 rings (SSSR count). The molecule has 0 radical (unpaired) electrons. The SMILES string of the molecule is CC(C)(C)c1ccc(N2c3cc4oc5ccccc5c4c4c3B(c3c2oc2ccccc32)N2c3ccccc3[Si]3(c5ccccc5-c5ccccc53)c3cccc-4c32)c(-c2ccccc2)c1. The van der Waals surface area contributed by atoms with Gasteiger partial charge in [-0.3, -0.25) is 4.90 Å². The first-order valence-electron chi connectivity index (χ1n) is 23.1. The number of hydrogen-bond donors (Lipinski definition) is 0. The van der Waals surface area contributed by atoms with Crippen LogP contribution in [0.2, 0.25) is 0 Å². The standard InChI is InChI=1S/C60H41BN2O2Si/c1-60(2,3)37-32-33-44(43(34-37)36-18-5-4-6-19-36)62-46-35-49-54(40-22-7-12-26-47(40)64-49)55-42-24-17-31-53-58(42)63(61(57(46)55)56-41-23-8-13-27-48(41)65-59(56)62)45-25-11-16-30-52(45)66(53)50-28-14-9-20-38(50)39-21-10-15-29-51(39)66/h4-35H,1-3H3. The molecule has 6 heterocycles. The van der Waals surface area contributed by atoms with Crippen LogP contribution in [0.1, 0.15) is 26.3 Å². The third-order valence-corrected chi connectivity index (χ3v) is 20.1. The normalized spacial score (nSPS) is 14.6. The van der Waals surface area contributed by atoms with E-state index < -0.39 is 8.07 Å². The van der Waals surface area contributed by atoms with Crippen molar-refractivity contribution in [3.8, 4) is 33.4 Å². The van der Waals surface area contributed by atoms with Crippen molar-refractivity contribution in [3.05, 3.63) is 200 Å². The van der Waals surface area contributed by atoms with Crippen molar-refractivity contribution in [2.75, 3.05) is 9.71 Å². The zero-order valence-corrected chi connectivity index (χ0v) is 37.8. The summed E-state index contributed by atoms with van der Waals surface area (Å²) in [6.07, 6.45) is 0. The number of para-hydroxylation sites is 4. The molecule has 0 fully saturated rings. The fourth-order valence-electron chi connectivity index (χ4n) is 12.6. The van der Waals surface area contributed by atoms with E-state index >= 15 is 0 Å². The van der Waals surface area contributed by atoms with Crippen LogP contribution in [0, 0.1) is 0 Å². The number of fused-ring (bicyclic) bond motifs is 19. The zero-order chi connectivity index (χ0) is 43.6. The van der Waals surface area contributed by atoms with Gasteiger partial charge in [0, 0.05) is 50.2 Å². The van der Waals surface area contributed by atoms with Gasteiger partial charge < -0.3 is 13.6 Å². The van der Waals surface area contributed by atoms with E-state index in [4.69, 9.17) is 8.83 Å². The van der Waals surface area contributed by atoms with Gasteiger partial charge in [-0.1, -0.05) is 178 Å². The van der Waals surface area contributed by atoms with E-state index in [1.165, 1.54) is 70.9 Å². The van der Waals surface area contributed by atoms with Crippen molar-refractivity contribution in [2.45, 2.75) is 26.2 Å². The Morgan fingerprint density at radius 2 is 1.08 bits per heavy atom. The molecule has 11 aromatic rings. The van der Waals surface area contributed by atoms with E-state index in [9.17, 15) is 0 Å². The van der Waals surface area contributed by atoms with E-state index in [1.54, 1.807) is 0 Å². The Labute approximate surface area is 384 Å². The summed E-state index contributed by atoms with van der Waals surface area (Å²) in [6, 6.07) is 72.5.